The molecular weight excluding hydrogens is 412 g/mol. The first-order valence-electron chi connectivity index (χ1n) is 11.2. The summed E-state index contributed by atoms with van der Waals surface area (Å²) in [6.45, 7) is 6.81. The monoisotopic (exact) mass is 441 g/mol. The zero-order chi connectivity index (χ0) is 22.2. The Morgan fingerprint density at radius 3 is 2.09 bits per heavy atom. The van der Waals surface area contributed by atoms with Crippen molar-refractivity contribution in [1.29, 1.82) is 0 Å². The molecule has 162 valence electrons. The lowest BCUT2D eigenvalue weighted by atomic mass is 9.79. The third-order valence-corrected chi connectivity index (χ3v) is 6.89. The fourth-order valence-corrected chi connectivity index (χ4v) is 6.16. The molecule has 0 saturated carbocycles. The van der Waals surface area contributed by atoms with E-state index >= 15 is 0 Å². The average Bonchev–Trinajstić information content (AvgIpc) is 3.40. The van der Waals surface area contributed by atoms with E-state index in [1.54, 1.807) is 6.20 Å². The Labute approximate surface area is 190 Å². The van der Waals surface area contributed by atoms with Crippen LogP contribution in [0.4, 0.5) is 0 Å². The SMILES string of the molecule is C[Si](C)(C)OC(c1ccccc1)(c1ccccc1)[C@@H]1CCc2nn(-c3ccccn3)c[n+]21. The van der Waals surface area contributed by atoms with Crippen LogP contribution < -0.4 is 4.57 Å². The molecule has 0 N–H and O–H groups in total. The predicted octanol–water partition coefficient (Wildman–Crippen LogP) is 4.84. The van der Waals surface area contributed by atoms with Gasteiger partial charge in [0.1, 0.15) is 11.6 Å². The van der Waals surface area contributed by atoms with Crippen molar-refractivity contribution in [3.63, 3.8) is 0 Å². The summed E-state index contributed by atoms with van der Waals surface area (Å²) in [5, 5.41) is 4.88. The number of hydrogen-bond acceptors (Lipinski definition) is 3. The molecule has 1 aliphatic heterocycles. The first-order chi connectivity index (χ1) is 15.5. The average molecular weight is 442 g/mol. The van der Waals surface area contributed by atoms with Gasteiger partial charge in [-0.15, -0.1) is 0 Å². The van der Waals surface area contributed by atoms with Gasteiger partial charge in [0, 0.05) is 23.8 Å². The van der Waals surface area contributed by atoms with E-state index < -0.39 is 13.9 Å². The number of nitrogens with zero attached hydrogens (tertiary/aromatic N) is 4. The number of hydrogen-bond donors (Lipinski definition) is 0. The molecule has 0 amide bonds. The maximum absolute atomic E-state index is 7.22. The van der Waals surface area contributed by atoms with Gasteiger partial charge in [0.2, 0.25) is 12.1 Å². The van der Waals surface area contributed by atoms with Gasteiger partial charge in [-0.05, 0) is 43.3 Å². The van der Waals surface area contributed by atoms with Gasteiger partial charge in [-0.3, -0.25) is 0 Å². The molecule has 1 atom stereocenters. The van der Waals surface area contributed by atoms with Crippen LogP contribution in [0.3, 0.4) is 0 Å². The van der Waals surface area contributed by atoms with E-state index in [1.165, 1.54) is 11.1 Å². The summed E-state index contributed by atoms with van der Waals surface area (Å²) in [7, 11) is -1.96. The Morgan fingerprint density at radius 2 is 1.53 bits per heavy atom. The molecule has 0 unspecified atom stereocenters. The minimum atomic E-state index is -1.96. The van der Waals surface area contributed by atoms with Crippen LogP contribution in [0.25, 0.3) is 5.82 Å². The predicted molar refractivity (Wildman–Crippen MR) is 127 cm³/mol. The maximum Gasteiger partial charge on any atom is 0.278 e. The molecular formula is C26H29N4OSi+. The molecule has 0 fully saturated rings. The molecule has 2 aromatic heterocycles. The van der Waals surface area contributed by atoms with Gasteiger partial charge in [0.15, 0.2) is 8.32 Å². The summed E-state index contributed by atoms with van der Waals surface area (Å²) in [4.78, 5) is 4.49. The van der Waals surface area contributed by atoms with Gasteiger partial charge in [0.25, 0.3) is 5.82 Å². The van der Waals surface area contributed by atoms with Crippen LogP contribution in [-0.4, -0.2) is 23.1 Å². The second-order valence-electron chi connectivity index (χ2n) is 9.31. The highest BCUT2D eigenvalue weighted by Crippen LogP contribution is 2.46. The normalized spacial score (nSPS) is 16.2. The molecule has 1 aliphatic rings. The van der Waals surface area contributed by atoms with E-state index in [0.717, 1.165) is 24.5 Å². The first kappa shape index (κ1) is 20.8. The van der Waals surface area contributed by atoms with Crippen LogP contribution in [0.2, 0.25) is 19.6 Å². The second-order valence-corrected chi connectivity index (χ2v) is 13.7. The van der Waals surface area contributed by atoms with E-state index in [4.69, 9.17) is 9.52 Å². The molecule has 3 heterocycles. The Hall–Kier alpha value is -3.09. The van der Waals surface area contributed by atoms with Gasteiger partial charge >= 0.3 is 0 Å². The van der Waals surface area contributed by atoms with E-state index in [1.807, 2.05) is 22.9 Å². The van der Waals surface area contributed by atoms with Gasteiger partial charge in [-0.25, -0.2) is 9.55 Å². The van der Waals surface area contributed by atoms with Crippen LogP contribution in [0, 0.1) is 0 Å². The Bertz CT molecular complexity index is 1150. The fraction of sp³-hybridized carbons (Fsp3) is 0.269. The molecule has 32 heavy (non-hydrogen) atoms. The number of fused-ring (bicyclic) bond motifs is 1. The number of pyridine rings is 1. The van der Waals surface area contributed by atoms with E-state index in [9.17, 15) is 0 Å². The number of aromatic nitrogens is 4. The van der Waals surface area contributed by atoms with Crippen LogP contribution >= 0.6 is 0 Å². The lowest BCUT2D eigenvalue weighted by Gasteiger charge is -2.43. The summed E-state index contributed by atoms with van der Waals surface area (Å²) in [5.41, 5.74) is 1.77. The summed E-state index contributed by atoms with van der Waals surface area (Å²) in [6, 6.07) is 27.4. The minimum absolute atomic E-state index is 0.0893. The van der Waals surface area contributed by atoms with Crippen LogP contribution in [0.5, 0.6) is 0 Å². The second kappa shape index (κ2) is 8.11. The quantitative estimate of drug-likeness (QED) is 0.318. The van der Waals surface area contributed by atoms with Crippen molar-refractivity contribution in [2.24, 2.45) is 0 Å². The zero-order valence-corrected chi connectivity index (χ0v) is 19.8. The lowest BCUT2D eigenvalue weighted by Crippen LogP contribution is -2.54. The van der Waals surface area contributed by atoms with Gasteiger partial charge < -0.3 is 4.43 Å². The molecule has 0 saturated heterocycles. The van der Waals surface area contributed by atoms with Gasteiger partial charge in [-0.1, -0.05) is 71.4 Å². The van der Waals surface area contributed by atoms with Crippen molar-refractivity contribution in [2.45, 2.75) is 44.1 Å². The standard InChI is InChI=1S/C26H29N4OSi/c1-32(2,3)31-26(21-12-6-4-7-13-21,22-14-8-5-9-15-22)23-17-18-25-28-30(20-29(23)25)24-16-10-11-19-27-24/h4-16,19-20,23H,17-18H2,1-3H3/q+1/t23-/m0/s1. The molecule has 0 bridgehead atoms. The van der Waals surface area contributed by atoms with Gasteiger partial charge in [-0.2, -0.15) is 0 Å². The van der Waals surface area contributed by atoms with Crippen LogP contribution in [-0.2, 0) is 16.4 Å². The third-order valence-electron chi connectivity index (χ3n) is 5.96. The number of benzene rings is 2. The largest absolute Gasteiger partial charge is 0.401 e. The molecule has 5 rings (SSSR count). The Balaban J connectivity index is 1.72. The lowest BCUT2D eigenvalue weighted by molar-refractivity contribution is -0.730. The van der Waals surface area contributed by atoms with E-state index in [0.29, 0.717) is 0 Å². The molecule has 0 aliphatic carbocycles. The van der Waals surface area contributed by atoms with Crippen LogP contribution in [0.1, 0.15) is 29.4 Å². The van der Waals surface area contributed by atoms with Crippen molar-refractivity contribution in [2.75, 3.05) is 0 Å². The summed E-state index contributed by atoms with van der Waals surface area (Å²) < 4.78 is 11.4. The van der Waals surface area contributed by atoms with Gasteiger partial charge in [0.05, 0.1) is 0 Å². The zero-order valence-electron chi connectivity index (χ0n) is 18.8. The first-order valence-corrected chi connectivity index (χ1v) is 14.6. The maximum atomic E-state index is 7.22. The summed E-state index contributed by atoms with van der Waals surface area (Å²) in [6.07, 6.45) is 5.76. The van der Waals surface area contributed by atoms with E-state index in [2.05, 4.69) is 96.2 Å². The summed E-state index contributed by atoms with van der Waals surface area (Å²) in [5.74, 6) is 1.89. The molecule has 2 aromatic carbocycles. The molecule has 4 aromatic rings. The van der Waals surface area contributed by atoms with Crippen LogP contribution in [0.15, 0.2) is 91.4 Å². The Morgan fingerprint density at radius 1 is 0.906 bits per heavy atom. The minimum Gasteiger partial charge on any atom is -0.401 e. The highest BCUT2D eigenvalue weighted by Gasteiger charge is 2.52. The van der Waals surface area contributed by atoms with Crippen molar-refractivity contribution >= 4 is 8.32 Å². The van der Waals surface area contributed by atoms with Crippen molar-refractivity contribution < 1.29 is 8.99 Å². The smallest absolute Gasteiger partial charge is 0.278 e. The molecule has 6 heteroatoms. The summed E-state index contributed by atoms with van der Waals surface area (Å²) >= 11 is 0. The fourth-order valence-electron chi connectivity index (χ4n) is 4.82. The topological polar surface area (TPSA) is 43.8 Å². The molecule has 0 spiro atoms. The number of aryl methyl sites for hydroxylation is 1. The number of rotatable bonds is 6. The highest BCUT2D eigenvalue weighted by atomic mass is 28.4. The highest BCUT2D eigenvalue weighted by molar-refractivity contribution is 6.69. The van der Waals surface area contributed by atoms with Crippen molar-refractivity contribution in [3.8, 4) is 5.82 Å². The molecule has 5 nitrogen and oxygen atoms in total. The Kier molecular flexibility index (Phi) is 5.27. The third kappa shape index (κ3) is 3.70. The van der Waals surface area contributed by atoms with E-state index in [-0.39, 0.29) is 6.04 Å². The van der Waals surface area contributed by atoms with Crippen molar-refractivity contribution in [1.82, 2.24) is 14.8 Å². The molecule has 0 radical (unpaired) electrons. The van der Waals surface area contributed by atoms with Crippen molar-refractivity contribution in [3.05, 3.63) is 108 Å².